The summed E-state index contributed by atoms with van der Waals surface area (Å²) < 4.78 is 10.8. The molecule has 1 aliphatic rings. The lowest BCUT2D eigenvalue weighted by Crippen LogP contribution is -2.52. The molecule has 0 amide bonds. The van der Waals surface area contributed by atoms with Crippen molar-refractivity contribution in [3.63, 3.8) is 0 Å². The topological polar surface area (TPSA) is 75.1 Å². The van der Waals surface area contributed by atoms with Crippen LogP contribution in [0, 0.1) is 0 Å². The van der Waals surface area contributed by atoms with Gasteiger partial charge in [-0.1, -0.05) is 0 Å². The monoisotopic (exact) mass is 512 g/mol. The molecular weight excluding hydrogens is 483 g/mol. The molecule has 1 saturated heterocycles. The van der Waals surface area contributed by atoms with Crippen LogP contribution in [0.4, 0.5) is 5.95 Å². The van der Waals surface area contributed by atoms with Crippen molar-refractivity contribution in [3.8, 4) is 11.5 Å². The first-order chi connectivity index (χ1) is 13.7. The van der Waals surface area contributed by atoms with Gasteiger partial charge in [0.05, 0.1) is 20.8 Å². The first kappa shape index (κ1) is 23.0. The normalized spacial score (nSPS) is 14.2. The summed E-state index contributed by atoms with van der Waals surface area (Å²) in [5.41, 5.74) is 1.02. The highest BCUT2D eigenvalue weighted by Crippen LogP contribution is 2.25. The van der Waals surface area contributed by atoms with Crippen molar-refractivity contribution < 1.29 is 9.47 Å². The molecule has 1 aromatic heterocycles. The predicted molar refractivity (Wildman–Crippen MR) is 126 cm³/mol. The number of aliphatic imine (C=N–C) groups is 1. The molecule has 1 aliphatic heterocycles. The maximum absolute atomic E-state index is 5.48. The van der Waals surface area contributed by atoms with Gasteiger partial charge in [0.1, 0.15) is 11.5 Å². The largest absolute Gasteiger partial charge is 0.497 e. The lowest BCUT2D eigenvalue weighted by atomic mass is 10.2. The van der Waals surface area contributed by atoms with Crippen LogP contribution in [0.3, 0.4) is 0 Å². The summed E-state index contributed by atoms with van der Waals surface area (Å²) in [5, 5.41) is 3.40. The second-order valence-electron chi connectivity index (χ2n) is 6.37. The van der Waals surface area contributed by atoms with E-state index in [-0.39, 0.29) is 24.0 Å². The highest BCUT2D eigenvalue weighted by atomic mass is 127. The Morgan fingerprint density at radius 2 is 1.83 bits per heavy atom. The van der Waals surface area contributed by atoms with Crippen LogP contribution < -0.4 is 19.7 Å². The number of guanidine groups is 1. The zero-order valence-corrected chi connectivity index (χ0v) is 19.5. The van der Waals surface area contributed by atoms with Crippen molar-refractivity contribution in [2.75, 3.05) is 51.8 Å². The fourth-order valence-corrected chi connectivity index (χ4v) is 3.14. The standard InChI is InChI=1S/C20H28N6O2.HI/c1-4-21-19(24-15-16-6-7-17(27-2)14-18(16)28-3)25-10-12-26(13-11-25)20-22-8-5-9-23-20;/h5-9,14H,4,10-13,15H2,1-3H3,(H,21,24);1H. The number of rotatable bonds is 6. The number of nitrogens with one attached hydrogen (secondary N) is 1. The Bertz CT molecular complexity index is 782. The lowest BCUT2D eigenvalue weighted by molar-refractivity contribution is 0.369. The van der Waals surface area contributed by atoms with Crippen molar-refractivity contribution in [3.05, 3.63) is 42.2 Å². The van der Waals surface area contributed by atoms with Crippen molar-refractivity contribution in [1.82, 2.24) is 20.2 Å². The Balaban J connectivity index is 0.00000300. The van der Waals surface area contributed by atoms with Gasteiger partial charge >= 0.3 is 0 Å². The molecule has 2 aromatic rings. The number of aromatic nitrogens is 2. The van der Waals surface area contributed by atoms with E-state index in [4.69, 9.17) is 14.5 Å². The summed E-state index contributed by atoms with van der Waals surface area (Å²) in [6.07, 6.45) is 3.56. The third-order valence-corrected chi connectivity index (χ3v) is 4.64. The van der Waals surface area contributed by atoms with Crippen molar-refractivity contribution in [2.45, 2.75) is 13.5 Å². The van der Waals surface area contributed by atoms with Gasteiger partial charge in [-0.15, -0.1) is 24.0 Å². The van der Waals surface area contributed by atoms with Crippen LogP contribution in [-0.2, 0) is 6.54 Å². The first-order valence-electron chi connectivity index (χ1n) is 9.51. The van der Waals surface area contributed by atoms with E-state index in [9.17, 15) is 0 Å². The van der Waals surface area contributed by atoms with Crippen LogP contribution in [0.5, 0.6) is 11.5 Å². The minimum atomic E-state index is 0. The fourth-order valence-electron chi connectivity index (χ4n) is 3.14. The minimum absolute atomic E-state index is 0. The highest BCUT2D eigenvalue weighted by Gasteiger charge is 2.21. The van der Waals surface area contributed by atoms with E-state index in [1.165, 1.54) is 0 Å². The third-order valence-electron chi connectivity index (χ3n) is 4.64. The lowest BCUT2D eigenvalue weighted by Gasteiger charge is -2.36. The van der Waals surface area contributed by atoms with Crippen LogP contribution in [0.2, 0.25) is 0 Å². The zero-order chi connectivity index (χ0) is 19.8. The Morgan fingerprint density at radius 1 is 1.10 bits per heavy atom. The Morgan fingerprint density at radius 3 is 2.45 bits per heavy atom. The van der Waals surface area contributed by atoms with Crippen LogP contribution in [0.25, 0.3) is 0 Å². The molecule has 0 unspecified atom stereocenters. The summed E-state index contributed by atoms with van der Waals surface area (Å²) in [7, 11) is 3.31. The molecule has 1 aromatic carbocycles. The average Bonchev–Trinajstić information content (AvgIpc) is 2.77. The van der Waals surface area contributed by atoms with Gasteiger partial charge in [-0.2, -0.15) is 0 Å². The van der Waals surface area contributed by atoms with Crippen molar-refractivity contribution >= 4 is 35.9 Å². The minimum Gasteiger partial charge on any atom is -0.497 e. The molecule has 1 fully saturated rings. The van der Waals surface area contributed by atoms with E-state index in [1.807, 2.05) is 24.3 Å². The molecule has 0 saturated carbocycles. The Labute approximate surface area is 189 Å². The Kier molecular flexibility index (Phi) is 9.23. The van der Waals surface area contributed by atoms with Crippen LogP contribution >= 0.6 is 24.0 Å². The molecule has 2 heterocycles. The first-order valence-corrected chi connectivity index (χ1v) is 9.51. The highest BCUT2D eigenvalue weighted by molar-refractivity contribution is 14.0. The van der Waals surface area contributed by atoms with Gasteiger partial charge in [0.2, 0.25) is 5.95 Å². The maximum atomic E-state index is 5.48. The summed E-state index contributed by atoms with van der Waals surface area (Å²) in [6.45, 7) is 6.89. The van der Waals surface area contributed by atoms with Gasteiger partial charge in [0, 0.05) is 56.7 Å². The Hall–Kier alpha value is -2.30. The second kappa shape index (κ2) is 11.6. The van der Waals surface area contributed by atoms with Crippen LogP contribution in [-0.4, -0.2) is 67.8 Å². The number of piperazine rings is 1. The van der Waals surface area contributed by atoms with Gasteiger partial charge in [-0.05, 0) is 25.1 Å². The van der Waals surface area contributed by atoms with Gasteiger partial charge in [0.25, 0.3) is 0 Å². The van der Waals surface area contributed by atoms with E-state index in [0.717, 1.165) is 61.7 Å². The van der Waals surface area contributed by atoms with Crippen molar-refractivity contribution in [2.24, 2.45) is 4.99 Å². The molecule has 0 radical (unpaired) electrons. The quantitative estimate of drug-likeness (QED) is 0.362. The number of hydrogen-bond acceptors (Lipinski definition) is 6. The molecular formula is C20H29IN6O2. The fraction of sp³-hybridized carbons (Fsp3) is 0.450. The average molecular weight is 512 g/mol. The number of benzene rings is 1. The summed E-state index contributed by atoms with van der Waals surface area (Å²) >= 11 is 0. The molecule has 8 nitrogen and oxygen atoms in total. The van der Waals surface area contributed by atoms with E-state index in [1.54, 1.807) is 26.6 Å². The summed E-state index contributed by atoms with van der Waals surface area (Å²) in [4.78, 5) is 18.0. The predicted octanol–water partition coefficient (Wildman–Crippen LogP) is 2.40. The van der Waals surface area contributed by atoms with Crippen LogP contribution in [0.1, 0.15) is 12.5 Å². The molecule has 3 rings (SSSR count). The SMILES string of the molecule is CCNC(=NCc1ccc(OC)cc1OC)N1CCN(c2ncccn2)CC1.I. The number of halogens is 1. The van der Waals surface area contributed by atoms with E-state index < -0.39 is 0 Å². The van der Waals surface area contributed by atoms with E-state index >= 15 is 0 Å². The number of hydrogen-bond donors (Lipinski definition) is 1. The molecule has 0 aliphatic carbocycles. The van der Waals surface area contributed by atoms with Gasteiger partial charge in [-0.25, -0.2) is 15.0 Å². The number of ether oxygens (including phenoxy) is 2. The maximum Gasteiger partial charge on any atom is 0.225 e. The molecule has 29 heavy (non-hydrogen) atoms. The van der Waals surface area contributed by atoms with Gasteiger partial charge in [0.15, 0.2) is 5.96 Å². The van der Waals surface area contributed by atoms with E-state index in [2.05, 4.69) is 32.0 Å². The van der Waals surface area contributed by atoms with Crippen LogP contribution in [0.15, 0.2) is 41.7 Å². The summed E-state index contributed by atoms with van der Waals surface area (Å²) in [6, 6.07) is 7.65. The molecule has 9 heteroatoms. The number of methoxy groups -OCH3 is 2. The van der Waals surface area contributed by atoms with E-state index in [0.29, 0.717) is 6.54 Å². The zero-order valence-electron chi connectivity index (χ0n) is 17.2. The molecule has 0 spiro atoms. The number of nitrogens with zero attached hydrogens (tertiary/aromatic N) is 5. The van der Waals surface area contributed by atoms with Gasteiger partial charge in [-0.3, -0.25) is 0 Å². The summed E-state index contributed by atoms with van der Waals surface area (Å²) in [5.74, 6) is 3.25. The third kappa shape index (κ3) is 6.09. The van der Waals surface area contributed by atoms with Gasteiger partial charge < -0.3 is 24.6 Å². The molecule has 1 N–H and O–H groups in total. The molecule has 158 valence electrons. The second-order valence-corrected chi connectivity index (χ2v) is 6.37. The smallest absolute Gasteiger partial charge is 0.225 e. The molecule has 0 bridgehead atoms. The van der Waals surface area contributed by atoms with Crippen molar-refractivity contribution in [1.29, 1.82) is 0 Å². The molecule has 0 atom stereocenters. The number of anilines is 1.